The number of hydrogen-bond acceptors (Lipinski definition) is 3. The normalized spacial score (nSPS) is 18.7. The van der Waals surface area contributed by atoms with Gasteiger partial charge < -0.3 is 9.47 Å². The van der Waals surface area contributed by atoms with E-state index in [-0.39, 0.29) is 12.1 Å². The first-order valence-corrected chi connectivity index (χ1v) is 5.14. The molecule has 0 aromatic heterocycles. The summed E-state index contributed by atoms with van der Waals surface area (Å²) in [6, 6.07) is 5.76. The summed E-state index contributed by atoms with van der Waals surface area (Å²) in [5.74, 6) is 0.362. The van der Waals surface area contributed by atoms with Gasteiger partial charge in [0.2, 0.25) is 0 Å². The highest BCUT2D eigenvalue weighted by molar-refractivity contribution is 5.79. The lowest BCUT2D eigenvalue weighted by molar-refractivity contribution is -0.135. The van der Waals surface area contributed by atoms with Gasteiger partial charge in [0.1, 0.15) is 5.75 Å². The summed E-state index contributed by atoms with van der Waals surface area (Å²) in [5, 5.41) is 0. The zero-order chi connectivity index (χ0) is 10.8. The molecule has 15 heavy (non-hydrogen) atoms. The molecule has 0 spiro atoms. The molecule has 1 saturated heterocycles. The summed E-state index contributed by atoms with van der Waals surface area (Å²) in [5.41, 5.74) is 2.24. The summed E-state index contributed by atoms with van der Waals surface area (Å²) in [7, 11) is 0. The predicted molar refractivity (Wildman–Crippen MR) is 55.9 cm³/mol. The molecule has 1 atom stereocenters. The molecule has 0 bridgehead atoms. The molecule has 1 aliphatic rings. The van der Waals surface area contributed by atoms with Crippen LogP contribution < -0.4 is 4.74 Å². The zero-order valence-corrected chi connectivity index (χ0v) is 8.95. The lowest BCUT2D eigenvalue weighted by Gasteiger charge is -2.09. The number of carbonyl (C=O) groups is 1. The van der Waals surface area contributed by atoms with Gasteiger partial charge in [0, 0.05) is 0 Å². The molecular formula is C12H14O3. The van der Waals surface area contributed by atoms with Gasteiger partial charge in [0.05, 0.1) is 6.61 Å². The van der Waals surface area contributed by atoms with Crippen LogP contribution in [0.5, 0.6) is 5.75 Å². The SMILES string of the molecule is CCc1cccc(OC(=O)C2CO2)c1C. The predicted octanol–water partition coefficient (Wildman–Crippen LogP) is 1.86. The van der Waals surface area contributed by atoms with Crippen molar-refractivity contribution in [2.24, 2.45) is 0 Å². The average Bonchev–Trinajstić information content (AvgIpc) is 3.04. The zero-order valence-electron chi connectivity index (χ0n) is 8.95. The van der Waals surface area contributed by atoms with Crippen molar-refractivity contribution in [2.45, 2.75) is 26.4 Å². The Morgan fingerprint density at radius 2 is 2.33 bits per heavy atom. The second-order valence-corrected chi connectivity index (χ2v) is 3.64. The van der Waals surface area contributed by atoms with Gasteiger partial charge in [-0.1, -0.05) is 19.1 Å². The van der Waals surface area contributed by atoms with Crippen LogP contribution in [0.25, 0.3) is 0 Å². The van der Waals surface area contributed by atoms with E-state index in [1.54, 1.807) is 0 Å². The number of epoxide rings is 1. The molecule has 1 aliphatic heterocycles. The van der Waals surface area contributed by atoms with Crippen LogP contribution in [0.1, 0.15) is 18.1 Å². The summed E-state index contributed by atoms with van der Waals surface area (Å²) in [6.45, 7) is 4.54. The average molecular weight is 206 g/mol. The van der Waals surface area contributed by atoms with Gasteiger partial charge in [0.25, 0.3) is 0 Å². The lowest BCUT2D eigenvalue weighted by Crippen LogP contribution is -2.15. The van der Waals surface area contributed by atoms with E-state index in [1.165, 1.54) is 5.56 Å². The maximum absolute atomic E-state index is 11.4. The van der Waals surface area contributed by atoms with Crippen molar-refractivity contribution in [3.63, 3.8) is 0 Å². The minimum Gasteiger partial charge on any atom is -0.424 e. The molecule has 0 aliphatic carbocycles. The van der Waals surface area contributed by atoms with Crippen molar-refractivity contribution in [2.75, 3.05) is 6.61 Å². The molecule has 1 aromatic carbocycles. The van der Waals surface area contributed by atoms with Crippen LogP contribution in [-0.2, 0) is 16.0 Å². The highest BCUT2D eigenvalue weighted by atomic mass is 16.6. The van der Waals surface area contributed by atoms with Crippen LogP contribution >= 0.6 is 0 Å². The fourth-order valence-corrected chi connectivity index (χ4v) is 1.51. The van der Waals surface area contributed by atoms with Gasteiger partial charge in [0.15, 0.2) is 6.10 Å². The Labute approximate surface area is 89.0 Å². The molecule has 1 heterocycles. The largest absolute Gasteiger partial charge is 0.424 e. The first kappa shape index (κ1) is 10.2. The molecule has 3 heteroatoms. The Kier molecular flexibility index (Phi) is 2.73. The molecule has 80 valence electrons. The lowest BCUT2D eigenvalue weighted by atomic mass is 10.1. The van der Waals surface area contributed by atoms with Crippen molar-refractivity contribution < 1.29 is 14.3 Å². The third-order valence-corrected chi connectivity index (χ3v) is 2.58. The number of carbonyl (C=O) groups excluding carboxylic acids is 1. The van der Waals surface area contributed by atoms with E-state index >= 15 is 0 Å². The second kappa shape index (κ2) is 4.03. The van der Waals surface area contributed by atoms with Crippen LogP contribution in [0.2, 0.25) is 0 Å². The summed E-state index contributed by atoms with van der Waals surface area (Å²) in [6.07, 6.45) is 0.603. The quantitative estimate of drug-likeness (QED) is 0.430. The maximum atomic E-state index is 11.4. The molecule has 0 radical (unpaired) electrons. The molecule has 0 saturated carbocycles. The number of aryl methyl sites for hydroxylation is 1. The van der Waals surface area contributed by atoms with E-state index in [2.05, 4.69) is 6.92 Å². The summed E-state index contributed by atoms with van der Waals surface area (Å²) in [4.78, 5) is 11.4. The fourth-order valence-electron chi connectivity index (χ4n) is 1.51. The van der Waals surface area contributed by atoms with E-state index in [9.17, 15) is 4.79 Å². The molecule has 1 fully saturated rings. The molecule has 1 unspecified atom stereocenters. The third-order valence-electron chi connectivity index (χ3n) is 2.58. The Morgan fingerprint density at radius 1 is 1.60 bits per heavy atom. The first-order chi connectivity index (χ1) is 7.22. The van der Waals surface area contributed by atoms with Crippen molar-refractivity contribution in [3.05, 3.63) is 29.3 Å². The standard InChI is InChI=1S/C12H14O3/c1-3-9-5-4-6-10(8(9)2)15-12(13)11-7-14-11/h4-6,11H,3,7H2,1-2H3. The van der Waals surface area contributed by atoms with Crippen molar-refractivity contribution >= 4 is 5.97 Å². The van der Waals surface area contributed by atoms with E-state index < -0.39 is 0 Å². The van der Waals surface area contributed by atoms with Crippen LogP contribution in [0, 0.1) is 6.92 Å². The molecule has 3 nitrogen and oxygen atoms in total. The Hall–Kier alpha value is -1.35. The van der Waals surface area contributed by atoms with Gasteiger partial charge >= 0.3 is 5.97 Å². The van der Waals surface area contributed by atoms with Crippen molar-refractivity contribution in [1.82, 2.24) is 0 Å². The van der Waals surface area contributed by atoms with E-state index in [1.807, 2.05) is 25.1 Å². The van der Waals surface area contributed by atoms with Crippen molar-refractivity contribution in [1.29, 1.82) is 0 Å². The highest BCUT2D eigenvalue weighted by Crippen LogP contribution is 2.23. The van der Waals surface area contributed by atoms with Gasteiger partial charge in [-0.2, -0.15) is 0 Å². The van der Waals surface area contributed by atoms with Gasteiger partial charge in [-0.05, 0) is 30.5 Å². The van der Waals surface area contributed by atoms with Crippen LogP contribution in [0.3, 0.4) is 0 Å². The fraction of sp³-hybridized carbons (Fsp3) is 0.417. The number of ether oxygens (including phenoxy) is 2. The maximum Gasteiger partial charge on any atom is 0.343 e. The monoisotopic (exact) mass is 206 g/mol. The smallest absolute Gasteiger partial charge is 0.343 e. The first-order valence-electron chi connectivity index (χ1n) is 5.14. The summed E-state index contributed by atoms with van der Waals surface area (Å²) >= 11 is 0. The van der Waals surface area contributed by atoms with Crippen LogP contribution in [0.4, 0.5) is 0 Å². The molecule has 0 N–H and O–H groups in total. The Balaban J connectivity index is 2.16. The molecular weight excluding hydrogens is 192 g/mol. The van der Waals surface area contributed by atoms with Gasteiger partial charge in [-0.25, -0.2) is 4.79 Å². The van der Waals surface area contributed by atoms with Crippen molar-refractivity contribution in [3.8, 4) is 5.75 Å². The van der Waals surface area contributed by atoms with E-state index in [0.717, 1.165) is 12.0 Å². The van der Waals surface area contributed by atoms with Gasteiger partial charge in [-0.15, -0.1) is 0 Å². The number of rotatable bonds is 3. The second-order valence-electron chi connectivity index (χ2n) is 3.64. The molecule has 1 aromatic rings. The highest BCUT2D eigenvalue weighted by Gasteiger charge is 2.33. The topological polar surface area (TPSA) is 38.8 Å². The number of hydrogen-bond donors (Lipinski definition) is 0. The Morgan fingerprint density at radius 3 is 2.93 bits per heavy atom. The molecule has 2 rings (SSSR count). The van der Waals surface area contributed by atoms with E-state index in [0.29, 0.717) is 12.4 Å². The third kappa shape index (κ3) is 2.18. The van der Waals surface area contributed by atoms with Crippen LogP contribution in [0.15, 0.2) is 18.2 Å². The minimum atomic E-state index is -0.338. The summed E-state index contributed by atoms with van der Waals surface area (Å²) < 4.78 is 10.1. The van der Waals surface area contributed by atoms with E-state index in [4.69, 9.17) is 9.47 Å². The minimum absolute atomic E-state index is 0.286. The van der Waals surface area contributed by atoms with Crippen LogP contribution in [-0.4, -0.2) is 18.7 Å². The molecule has 0 amide bonds. The Bertz CT molecular complexity index is 380. The van der Waals surface area contributed by atoms with Gasteiger partial charge in [-0.3, -0.25) is 0 Å². The number of esters is 1. The number of benzene rings is 1.